The van der Waals surface area contributed by atoms with Gasteiger partial charge in [0.2, 0.25) is 5.43 Å². The van der Waals surface area contributed by atoms with Crippen molar-refractivity contribution in [1.82, 2.24) is 4.98 Å². The average molecular weight is 348 g/mol. The van der Waals surface area contributed by atoms with Gasteiger partial charge in [-0.2, -0.15) is 0 Å². The summed E-state index contributed by atoms with van der Waals surface area (Å²) in [5.74, 6) is -2.10. The van der Waals surface area contributed by atoms with Gasteiger partial charge in [0.15, 0.2) is 0 Å². The largest absolute Gasteiger partial charge is 0.508 e. The second-order valence-corrected chi connectivity index (χ2v) is 5.66. The number of phenols is 1. The lowest BCUT2D eigenvalue weighted by molar-refractivity contribution is 0.0695. The Morgan fingerprint density at radius 2 is 2.00 bits per heavy atom. The van der Waals surface area contributed by atoms with Crippen LogP contribution in [0.2, 0.25) is 5.02 Å². The number of halogens is 2. The predicted octanol–water partition coefficient (Wildman–Crippen LogP) is 3.32. The topological polar surface area (TPSA) is 90.4 Å². The van der Waals surface area contributed by atoms with Gasteiger partial charge < -0.3 is 15.2 Å². The van der Waals surface area contributed by atoms with Gasteiger partial charge in [0, 0.05) is 24.1 Å². The van der Waals surface area contributed by atoms with Gasteiger partial charge in [-0.1, -0.05) is 23.7 Å². The van der Waals surface area contributed by atoms with Crippen LogP contribution >= 0.6 is 11.6 Å². The second-order valence-electron chi connectivity index (χ2n) is 5.25. The Morgan fingerprint density at radius 3 is 2.71 bits per heavy atom. The van der Waals surface area contributed by atoms with Gasteiger partial charge in [0.1, 0.15) is 17.1 Å². The zero-order valence-corrected chi connectivity index (χ0v) is 12.9. The number of fused-ring (bicyclic) bond motifs is 1. The van der Waals surface area contributed by atoms with Crippen molar-refractivity contribution in [1.29, 1.82) is 0 Å². The quantitative estimate of drug-likeness (QED) is 0.678. The van der Waals surface area contributed by atoms with Crippen molar-refractivity contribution in [3.63, 3.8) is 0 Å². The van der Waals surface area contributed by atoms with Gasteiger partial charge in [-0.25, -0.2) is 9.18 Å². The highest BCUT2D eigenvalue weighted by molar-refractivity contribution is 6.30. The summed E-state index contributed by atoms with van der Waals surface area (Å²) in [7, 11) is 0. The Kier molecular flexibility index (Phi) is 3.99. The number of carboxylic acids is 1. The molecule has 0 saturated heterocycles. The van der Waals surface area contributed by atoms with Gasteiger partial charge in [0.25, 0.3) is 0 Å². The smallest absolute Gasteiger partial charge is 0.341 e. The van der Waals surface area contributed by atoms with E-state index in [1.807, 2.05) is 0 Å². The highest BCUT2D eigenvalue weighted by Gasteiger charge is 2.15. The van der Waals surface area contributed by atoms with Crippen LogP contribution in [0, 0.1) is 5.82 Å². The molecule has 0 bridgehead atoms. The molecule has 0 unspecified atom stereocenters. The van der Waals surface area contributed by atoms with Crippen molar-refractivity contribution in [3.05, 3.63) is 74.3 Å². The minimum Gasteiger partial charge on any atom is -0.508 e. The number of hydrogen-bond donors (Lipinski definition) is 3. The minimum absolute atomic E-state index is 0.00487. The highest BCUT2D eigenvalue weighted by Crippen LogP contribution is 2.27. The van der Waals surface area contributed by atoms with E-state index >= 15 is 0 Å². The van der Waals surface area contributed by atoms with Gasteiger partial charge in [-0.15, -0.1) is 0 Å². The third-order valence-corrected chi connectivity index (χ3v) is 4.01. The van der Waals surface area contributed by atoms with Crippen LogP contribution in [0.3, 0.4) is 0 Å². The first-order chi connectivity index (χ1) is 11.4. The number of aromatic carboxylic acids is 1. The van der Waals surface area contributed by atoms with Crippen molar-refractivity contribution in [2.45, 2.75) is 6.42 Å². The predicted molar refractivity (Wildman–Crippen MR) is 87.4 cm³/mol. The number of phenolic OH excluding ortho intramolecular Hbond substituents is 1. The van der Waals surface area contributed by atoms with Gasteiger partial charge in [0.05, 0.1) is 10.5 Å². The second kappa shape index (κ2) is 5.98. The molecule has 0 spiro atoms. The first kappa shape index (κ1) is 16.0. The summed E-state index contributed by atoms with van der Waals surface area (Å²) in [6.45, 7) is 0. The molecule has 0 saturated carbocycles. The lowest BCUT2D eigenvalue weighted by Crippen LogP contribution is -2.15. The van der Waals surface area contributed by atoms with E-state index in [-0.39, 0.29) is 39.2 Å². The Balaban J connectivity index is 2.16. The minimum atomic E-state index is -1.35. The van der Waals surface area contributed by atoms with E-state index in [0.717, 1.165) is 6.20 Å². The van der Waals surface area contributed by atoms with E-state index in [1.165, 1.54) is 24.3 Å². The maximum atomic E-state index is 14.0. The zero-order valence-electron chi connectivity index (χ0n) is 12.1. The highest BCUT2D eigenvalue weighted by atomic mass is 35.5. The summed E-state index contributed by atoms with van der Waals surface area (Å²) in [6.07, 6.45) is 1.08. The molecule has 24 heavy (non-hydrogen) atoms. The van der Waals surface area contributed by atoms with Crippen LogP contribution in [0.15, 0.2) is 41.3 Å². The molecule has 0 radical (unpaired) electrons. The molecule has 3 aromatic rings. The number of H-pyrrole nitrogens is 1. The van der Waals surface area contributed by atoms with Gasteiger partial charge in [-0.05, 0) is 23.3 Å². The third-order valence-electron chi connectivity index (χ3n) is 3.72. The van der Waals surface area contributed by atoms with E-state index in [1.54, 1.807) is 6.07 Å². The number of nitrogens with one attached hydrogen (secondary N) is 1. The Bertz CT molecular complexity index is 1030. The molecule has 0 aliphatic rings. The molecule has 0 amide bonds. The number of carboxylic acid groups (broad SMARTS) is 1. The average Bonchev–Trinajstić information content (AvgIpc) is 2.53. The van der Waals surface area contributed by atoms with Crippen LogP contribution < -0.4 is 5.43 Å². The lowest BCUT2D eigenvalue weighted by Gasteiger charge is -2.09. The van der Waals surface area contributed by atoms with Crippen LogP contribution in [0.25, 0.3) is 10.9 Å². The summed E-state index contributed by atoms with van der Waals surface area (Å²) >= 11 is 5.74. The van der Waals surface area contributed by atoms with Crippen molar-refractivity contribution in [2.75, 3.05) is 0 Å². The van der Waals surface area contributed by atoms with Crippen molar-refractivity contribution < 1.29 is 19.4 Å². The molecule has 3 N–H and O–H groups in total. The van der Waals surface area contributed by atoms with Crippen molar-refractivity contribution in [2.24, 2.45) is 0 Å². The molecule has 0 atom stereocenters. The Morgan fingerprint density at radius 1 is 1.25 bits per heavy atom. The monoisotopic (exact) mass is 347 g/mol. The number of rotatable bonds is 3. The van der Waals surface area contributed by atoms with E-state index in [4.69, 9.17) is 16.7 Å². The molecule has 2 aromatic carbocycles. The van der Waals surface area contributed by atoms with Gasteiger partial charge >= 0.3 is 5.97 Å². The molecule has 122 valence electrons. The van der Waals surface area contributed by atoms with Crippen LogP contribution in [0.5, 0.6) is 5.75 Å². The van der Waals surface area contributed by atoms with Crippen LogP contribution in [-0.4, -0.2) is 21.2 Å². The fourth-order valence-corrected chi connectivity index (χ4v) is 2.69. The number of pyridine rings is 1. The molecule has 0 aliphatic heterocycles. The Labute approximate surface area is 140 Å². The normalized spacial score (nSPS) is 10.9. The number of benzene rings is 2. The summed E-state index contributed by atoms with van der Waals surface area (Å²) in [5.41, 5.74) is -0.255. The Hall–Kier alpha value is -2.86. The van der Waals surface area contributed by atoms with E-state index in [9.17, 15) is 19.1 Å². The van der Waals surface area contributed by atoms with E-state index < -0.39 is 22.8 Å². The fraction of sp³-hybridized carbons (Fsp3) is 0.0588. The zero-order chi connectivity index (χ0) is 17.4. The molecule has 3 rings (SSSR count). The van der Waals surface area contributed by atoms with Crippen molar-refractivity contribution >= 4 is 28.5 Å². The molecular weight excluding hydrogens is 337 g/mol. The molecule has 7 heteroatoms. The van der Waals surface area contributed by atoms with Crippen LogP contribution in [0.1, 0.15) is 21.5 Å². The molecular formula is C17H11ClFNO4. The summed E-state index contributed by atoms with van der Waals surface area (Å²) in [4.78, 5) is 25.9. The molecule has 1 heterocycles. The number of hydrogen-bond acceptors (Lipinski definition) is 3. The molecule has 1 aromatic heterocycles. The number of carbonyl (C=O) groups is 1. The summed E-state index contributed by atoms with van der Waals surface area (Å²) in [5, 5.41) is 19.2. The molecule has 0 aliphatic carbocycles. The van der Waals surface area contributed by atoms with Gasteiger partial charge in [-0.3, -0.25) is 4.79 Å². The molecule has 5 nitrogen and oxygen atoms in total. The summed E-state index contributed by atoms with van der Waals surface area (Å²) in [6, 6.07) is 7.16. The first-order valence-corrected chi connectivity index (χ1v) is 7.29. The van der Waals surface area contributed by atoms with Crippen LogP contribution in [-0.2, 0) is 6.42 Å². The fourth-order valence-electron chi connectivity index (χ4n) is 2.49. The maximum absolute atomic E-state index is 14.0. The summed E-state index contributed by atoms with van der Waals surface area (Å²) < 4.78 is 14.0. The maximum Gasteiger partial charge on any atom is 0.341 e. The number of aromatic hydroxyl groups is 1. The lowest BCUT2D eigenvalue weighted by atomic mass is 10.0. The van der Waals surface area contributed by atoms with Crippen molar-refractivity contribution in [3.8, 4) is 5.75 Å². The SMILES string of the molecule is O=C(O)c1c[nH]c2cc(O)c(Cc3cccc(Cl)c3F)cc2c1=O. The van der Waals surface area contributed by atoms with E-state index in [0.29, 0.717) is 0 Å². The molecule has 0 fully saturated rings. The van der Waals surface area contributed by atoms with Crippen LogP contribution in [0.4, 0.5) is 4.39 Å². The van der Waals surface area contributed by atoms with E-state index in [2.05, 4.69) is 4.98 Å². The first-order valence-electron chi connectivity index (χ1n) is 6.92. The number of aromatic amines is 1. The third kappa shape index (κ3) is 2.72. The number of aromatic nitrogens is 1. The standard InChI is InChI=1S/C17H11ClFNO4/c18-12-3-1-2-8(15(12)19)4-9-5-10-13(6-14(9)21)20-7-11(16(10)22)17(23)24/h1-3,5-7,21H,4H2,(H,20,22)(H,23,24).